The van der Waals surface area contributed by atoms with E-state index in [1.165, 1.54) is 5.56 Å². The summed E-state index contributed by atoms with van der Waals surface area (Å²) in [6, 6.07) is 6.68. The molecule has 9 heteroatoms. The predicted octanol–water partition coefficient (Wildman–Crippen LogP) is 4.47. The molecule has 2 aromatic heterocycles. The summed E-state index contributed by atoms with van der Waals surface area (Å²) < 4.78 is 10.2. The fraction of sp³-hybridized carbons (Fsp3) is 0.538. The first-order valence-electron chi connectivity index (χ1n) is 12.4. The SMILES string of the molecule is CC(C)n1ncnc1-c1cn2c(n1)-c1ccc(C3CCN(OC(=O)C(C)(C)C)CC3)cc1OCC2. The zero-order valence-corrected chi connectivity index (χ0v) is 21.2. The highest BCUT2D eigenvalue weighted by Gasteiger charge is 2.29. The van der Waals surface area contributed by atoms with Crippen molar-refractivity contribution in [1.29, 1.82) is 0 Å². The number of rotatable bonds is 4. The third kappa shape index (κ3) is 4.69. The lowest BCUT2D eigenvalue weighted by Crippen LogP contribution is -2.38. The molecular formula is C26H34N6O3. The number of carbonyl (C=O) groups is 1. The number of hydrogen-bond acceptors (Lipinski definition) is 7. The van der Waals surface area contributed by atoms with Crippen molar-refractivity contribution >= 4 is 5.97 Å². The van der Waals surface area contributed by atoms with Gasteiger partial charge >= 0.3 is 5.97 Å². The summed E-state index contributed by atoms with van der Waals surface area (Å²) in [5.74, 6) is 2.75. The van der Waals surface area contributed by atoms with Gasteiger partial charge in [-0.3, -0.25) is 0 Å². The smallest absolute Gasteiger partial charge is 0.330 e. The van der Waals surface area contributed by atoms with Gasteiger partial charge < -0.3 is 14.1 Å². The van der Waals surface area contributed by atoms with E-state index in [0.29, 0.717) is 12.5 Å². The Morgan fingerprint density at radius 3 is 2.63 bits per heavy atom. The lowest BCUT2D eigenvalue weighted by molar-refractivity contribution is -0.204. The molecule has 3 aromatic rings. The number of ether oxygens (including phenoxy) is 1. The first-order chi connectivity index (χ1) is 16.7. The van der Waals surface area contributed by atoms with Crippen LogP contribution in [-0.4, -0.2) is 55.0 Å². The number of benzene rings is 1. The van der Waals surface area contributed by atoms with Gasteiger partial charge in [0.1, 0.15) is 30.2 Å². The third-order valence-corrected chi connectivity index (χ3v) is 6.65. The van der Waals surface area contributed by atoms with Crippen LogP contribution in [0.25, 0.3) is 22.9 Å². The van der Waals surface area contributed by atoms with Gasteiger partial charge in [0.05, 0.1) is 17.5 Å². The molecule has 0 unspecified atom stereocenters. The summed E-state index contributed by atoms with van der Waals surface area (Å²) in [5.41, 5.74) is 2.57. The quantitative estimate of drug-likeness (QED) is 0.547. The maximum Gasteiger partial charge on any atom is 0.330 e. The van der Waals surface area contributed by atoms with Crippen molar-refractivity contribution in [2.45, 2.75) is 66.0 Å². The van der Waals surface area contributed by atoms with Crippen molar-refractivity contribution in [3.8, 4) is 28.7 Å². The number of hydrogen-bond donors (Lipinski definition) is 0. The van der Waals surface area contributed by atoms with E-state index in [-0.39, 0.29) is 12.0 Å². The number of imidazole rings is 1. The van der Waals surface area contributed by atoms with Gasteiger partial charge in [-0.25, -0.2) is 19.4 Å². The molecule has 4 heterocycles. The van der Waals surface area contributed by atoms with Gasteiger partial charge in [-0.15, -0.1) is 5.06 Å². The monoisotopic (exact) mass is 478 g/mol. The summed E-state index contributed by atoms with van der Waals surface area (Å²) in [6.45, 7) is 12.6. The van der Waals surface area contributed by atoms with Crippen molar-refractivity contribution in [1.82, 2.24) is 29.4 Å². The molecule has 1 saturated heterocycles. The summed E-state index contributed by atoms with van der Waals surface area (Å²) in [6.07, 6.45) is 5.48. The molecule has 0 bridgehead atoms. The van der Waals surface area contributed by atoms with Crippen LogP contribution in [0.5, 0.6) is 5.75 Å². The molecular weight excluding hydrogens is 444 g/mol. The zero-order chi connectivity index (χ0) is 24.7. The number of carbonyl (C=O) groups excluding carboxylic acids is 1. The Labute approximate surface area is 206 Å². The van der Waals surface area contributed by atoms with Crippen LogP contribution in [0.1, 0.15) is 65.0 Å². The van der Waals surface area contributed by atoms with E-state index in [0.717, 1.165) is 61.1 Å². The van der Waals surface area contributed by atoms with Gasteiger partial charge in [-0.2, -0.15) is 5.10 Å². The highest BCUT2D eigenvalue weighted by Crippen LogP contribution is 2.38. The molecule has 1 aromatic carbocycles. The van der Waals surface area contributed by atoms with E-state index in [1.807, 2.05) is 31.6 Å². The molecule has 186 valence electrons. The van der Waals surface area contributed by atoms with Gasteiger partial charge in [0.15, 0.2) is 5.82 Å². The third-order valence-electron chi connectivity index (χ3n) is 6.65. The van der Waals surface area contributed by atoms with Crippen LogP contribution in [0.4, 0.5) is 0 Å². The second kappa shape index (κ2) is 9.11. The van der Waals surface area contributed by atoms with Gasteiger partial charge in [-0.1, -0.05) is 6.07 Å². The first kappa shape index (κ1) is 23.5. The first-order valence-corrected chi connectivity index (χ1v) is 12.4. The van der Waals surface area contributed by atoms with Crippen LogP contribution < -0.4 is 4.74 Å². The second-order valence-corrected chi connectivity index (χ2v) is 10.7. The molecule has 0 aliphatic carbocycles. The zero-order valence-electron chi connectivity index (χ0n) is 21.2. The molecule has 0 amide bonds. The molecule has 0 saturated carbocycles. The van der Waals surface area contributed by atoms with Crippen molar-refractivity contribution in [3.63, 3.8) is 0 Å². The Morgan fingerprint density at radius 2 is 1.91 bits per heavy atom. The molecule has 35 heavy (non-hydrogen) atoms. The molecule has 0 N–H and O–H groups in total. The van der Waals surface area contributed by atoms with Crippen LogP contribution >= 0.6 is 0 Å². The topological polar surface area (TPSA) is 87.3 Å². The maximum absolute atomic E-state index is 12.2. The van der Waals surface area contributed by atoms with Crippen LogP contribution in [-0.2, 0) is 16.2 Å². The van der Waals surface area contributed by atoms with Crippen LogP contribution in [0.2, 0.25) is 0 Å². The van der Waals surface area contributed by atoms with Crippen LogP contribution in [0.3, 0.4) is 0 Å². The Kier molecular flexibility index (Phi) is 6.13. The van der Waals surface area contributed by atoms with Crippen molar-refractivity contribution in [2.75, 3.05) is 19.7 Å². The fourth-order valence-electron chi connectivity index (χ4n) is 4.61. The van der Waals surface area contributed by atoms with E-state index in [9.17, 15) is 4.79 Å². The summed E-state index contributed by atoms with van der Waals surface area (Å²) >= 11 is 0. The van der Waals surface area contributed by atoms with Crippen LogP contribution in [0, 0.1) is 5.41 Å². The van der Waals surface area contributed by atoms with Crippen molar-refractivity contribution in [2.24, 2.45) is 5.41 Å². The minimum absolute atomic E-state index is 0.184. The lowest BCUT2D eigenvalue weighted by Gasteiger charge is -2.32. The molecule has 0 atom stereocenters. The van der Waals surface area contributed by atoms with E-state index in [2.05, 4.69) is 46.7 Å². The minimum atomic E-state index is -0.499. The standard InChI is InChI=1S/C26H34N6O3/c1-17(2)32-24(27-16-28-32)21-15-30-12-13-34-22-14-19(6-7-20(22)23(30)29-21)18-8-10-31(11-9-18)35-25(33)26(3,4)5/h6-7,14-18H,8-13H2,1-5H3. The molecule has 2 aliphatic rings. The van der Waals surface area contributed by atoms with Crippen LogP contribution in [0.15, 0.2) is 30.7 Å². The Balaban J connectivity index is 1.34. The minimum Gasteiger partial charge on any atom is -0.491 e. The number of piperidine rings is 1. The maximum atomic E-state index is 12.2. The fourth-order valence-corrected chi connectivity index (χ4v) is 4.61. The summed E-state index contributed by atoms with van der Waals surface area (Å²) in [4.78, 5) is 27.2. The summed E-state index contributed by atoms with van der Waals surface area (Å²) in [7, 11) is 0. The average molecular weight is 479 g/mol. The molecule has 1 fully saturated rings. The number of nitrogens with zero attached hydrogens (tertiary/aromatic N) is 6. The Bertz CT molecular complexity index is 1210. The van der Waals surface area contributed by atoms with Crippen molar-refractivity contribution in [3.05, 3.63) is 36.3 Å². The number of fused-ring (bicyclic) bond motifs is 3. The second-order valence-electron chi connectivity index (χ2n) is 10.7. The van der Waals surface area contributed by atoms with Gasteiger partial charge in [-0.05, 0) is 71.1 Å². The molecule has 2 aliphatic heterocycles. The van der Waals surface area contributed by atoms with E-state index >= 15 is 0 Å². The van der Waals surface area contributed by atoms with Gasteiger partial charge in [0.2, 0.25) is 0 Å². The Morgan fingerprint density at radius 1 is 1.14 bits per heavy atom. The highest BCUT2D eigenvalue weighted by molar-refractivity contribution is 5.75. The van der Waals surface area contributed by atoms with E-state index in [4.69, 9.17) is 14.6 Å². The summed E-state index contributed by atoms with van der Waals surface area (Å²) in [5, 5.41) is 6.16. The normalized spacial score (nSPS) is 17.0. The predicted molar refractivity (Wildman–Crippen MR) is 132 cm³/mol. The van der Waals surface area contributed by atoms with Gasteiger partial charge in [0, 0.05) is 25.3 Å². The molecule has 0 radical (unpaired) electrons. The molecule has 0 spiro atoms. The number of aromatic nitrogens is 5. The molecule has 5 rings (SSSR count). The largest absolute Gasteiger partial charge is 0.491 e. The van der Waals surface area contributed by atoms with E-state index < -0.39 is 5.41 Å². The lowest BCUT2D eigenvalue weighted by atomic mass is 9.89. The van der Waals surface area contributed by atoms with E-state index in [1.54, 1.807) is 11.4 Å². The number of hydroxylamine groups is 2. The van der Waals surface area contributed by atoms with Gasteiger partial charge in [0.25, 0.3) is 0 Å². The molecule has 9 nitrogen and oxygen atoms in total. The average Bonchev–Trinajstić information content (AvgIpc) is 3.43. The Hall–Kier alpha value is -3.20. The highest BCUT2D eigenvalue weighted by atomic mass is 16.7. The van der Waals surface area contributed by atoms with Crippen molar-refractivity contribution < 1.29 is 14.4 Å².